The number of aromatic nitrogens is 1. The number of anilines is 2. The maximum absolute atomic E-state index is 3.40. The van der Waals surface area contributed by atoms with Crippen LogP contribution in [-0.2, 0) is 0 Å². The van der Waals surface area contributed by atoms with E-state index >= 15 is 0 Å². The van der Waals surface area contributed by atoms with E-state index in [4.69, 9.17) is 0 Å². The van der Waals surface area contributed by atoms with Crippen LogP contribution in [0.15, 0.2) is 48.7 Å². The fraction of sp³-hybridized carbons (Fsp3) is 0.444. The lowest BCUT2D eigenvalue weighted by molar-refractivity contribution is 0.427. The normalized spacial score (nSPS) is 19.4. The molecule has 0 saturated carbocycles. The molecule has 1 aliphatic heterocycles. The number of benzene rings is 1. The van der Waals surface area contributed by atoms with Crippen LogP contribution in [0.5, 0.6) is 0 Å². The Hall–Kier alpha value is -1.77. The van der Waals surface area contributed by atoms with Crippen LogP contribution in [0, 0.1) is 5.41 Å². The SMILES string of the molecule is CB1C(C(C)(C)C)B(C)N(c2ccc[nH]2)CN1c1ccccc1. The number of nitrogens with zero attached hydrogens (tertiary/aromatic N) is 2. The molecule has 23 heavy (non-hydrogen) atoms. The fourth-order valence-electron chi connectivity index (χ4n) is 4.39. The van der Waals surface area contributed by atoms with Crippen LogP contribution >= 0.6 is 0 Å². The number of H-pyrrole nitrogens is 1. The first kappa shape index (κ1) is 16.1. The average molecular weight is 307 g/mol. The Kier molecular flexibility index (Phi) is 4.22. The molecule has 0 aliphatic carbocycles. The number of rotatable bonds is 2. The number of hydrogen-bond acceptors (Lipinski definition) is 2. The molecule has 1 saturated heterocycles. The van der Waals surface area contributed by atoms with Crippen LogP contribution in [0.4, 0.5) is 11.5 Å². The van der Waals surface area contributed by atoms with E-state index in [2.05, 4.69) is 91.5 Å². The third kappa shape index (κ3) is 3.01. The second-order valence-electron chi connectivity index (χ2n) is 7.84. The van der Waals surface area contributed by atoms with Gasteiger partial charge in [-0.05, 0) is 35.4 Å². The maximum Gasteiger partial charge on any atom is 0.253 e. The number of nitrogens with one attached hydrogen (secondary N) is 1. The Morgan fingerprint density at radius 2 is 1.61 bits per heavy atom. The first-order valence-electron chi connectivity index (χ1n) is 8.61. The van der Waals surface area contributed by atoms with Crippen molar-refractivity contribution in [1.82, 2.24) is 4.98 Å². The average Bonchev–Trinajstić information content (AvgIpc) is 3.01. The van der Waals surface area contributed by atoms with Crippen molar-refractivity contribution in [3.8, 4) is 0 Å². The van der Waals surface area contributed by atoms with Crippen LogP contribution in [-0.4, -0.2) is 25.3 Å². The van der Waals surface area contributed by atoms with Gasteiger partial charge in [-0.3, -0.25) is 0 Å². The molecule has 1 aromatic heterocycles. The van der Waals surface area contributed by atoms with Crippen molar-refractivity contribution in [2.24, 2.45) is 5.41 Å². The van der Waals surface area contributed by atoms with Gasteiger partial charge in [-0.15, -0.1) is 0 Å². The second kappa shape index (κ2) is 6.03. The molecule has 2 heterocycles. The predicted octanol–water partition coefficient (Wildman–Crippen LogP) is 4.50. The summed E-state index contributed by atoms with van der Waals surface area (Å²) in [6, 6.07) is 15.0. The Morgan fingerprint density at radius 3 is 2.17 bits per heavy atom. The van der Waals surface area contributed by atoms with Gasteiger partial charge in [0.25, 0.3) is 13.7 Å². The third-order valence-electron chi connectivity index (χ3n) is 5.31. The molecule has 1 aliphatic rings. The van der Waals surface area contributed by atoms with Crippen molar-refractivity contribution in [2.75, 3.05) is 16.3 Å². The summed E-state index contributed by atoms with van der Waals surface area (Å²) < 4.78 is 0. The van der Waals surface area contributed by atoms with Gasteiger partial charge in [0.05, 0.1) is 12.5 Å². The molecule has 0 bridgehead atoms. The molecule has 1 fully saturated rings. The van der Waals surface area contributed by atoms with E-state index in [1.807, 2.05) is 6.20 Å². The molecule has 1 atom stereocenters. The van der Waals surface area contributed by atoms with Gasteiger partial charge < -0.3 is 14.6 Å². The number of aromatic amines is 1. The van der Waals surface area contributed by atoms with Gasteiger partial charge in [-0.25, -0.2) is 0 Å². The van der Waals surface area contributed by atoms with Crippen LogP contribution < -0.4 is 9.62 Å². The van der Waals surface area contributed by atoms with E-state index < -0.39 is 0 Å². The summed E-state index contributed by atoms with van der Waals surface area (Å²) in [6.07, 6.45) is 2.01. The van der Waals surface area contributed by atoms with Gasteiger partial charge in [0, 0.05) is 11.9 Å². The smallest absolute Gasteiger partial charge is 0.253 e. The van der Waals surface area contributed by atoms with Gasteiger partial charge in [-0.1, -0.05) is 52.6 Å². The van der Waals surface area contributed by atoms with Gasteiger partial charge in [-0.2, -0.15) is 0 Å². The maximum atomic E-state index is 3.40. The minimum absolute atomic E-state index is 0.247. The molecule has 1 unspecified atom stereocenters. The summed E-state index contributed by atoms with van der Waals surface area (Å²) in [4.78, 5) is 8.44. The van der Waals surface area contributed by atoms with Crippen molar-refractivity contribution in [2.45, 2.75) is 40.1 Å². The molecule has 120 valence electrons. The van der Waals surface area contributed by atoms with Gasteiger partial charge in [0.2, 0.25) is 0 Å². The molecule has 3 nitrogen and oxygen atoms in total. The van der Waals surface area contributed by atoms with E-state index in [1.165, 1.54) is 11.5 Å². The highest BCUT2D eigenvalue weighted by molar-refractivity contribution is 6.84. The Morgan fingerprint density at radius 1 is 0.957 bits per heavy atom. The molecule has 1 aromatic carbocycles. The minimum Gasteiger partial charge on any atom is -0.400 e. The van der Waals surface area contributed by atoms with Crippen molar-refractivity contribution in [3.63, 3.8) is 0 Å². The van der Waals surface area contributed by atoms with E-state index in [9.17, 15) is 0 Å². The lowest BCUT2D eigenvalue weighted by Crippen LogP contribution is -2.64. The molecule has 0 spiro atoms. The third-order valence-corrected chi connectivity index (χ3v) is 5.31. The topological polar surface area (TPSA) is 22.3 Å². The van der Waals surface area contributed by atoms with Crippen molar-refractivity contribution < 1.29 is 0 Å². The van der Waals surface area contributed by atoms with Crippen molar-refractivity contribution in [3.05, 3.63) is 48.7 Å². The zero-order valence-electron chi connectivity index (χ0n) is 15.0. The molecular formula is C18H27B2N3. The van der Waals surface area contributed by atoms with Crippen LogP contribution in [0.3, 0.4) is 0 Å². The molecule has 2 aromatic rings. The molecule has 3 rings (SSSR count). The zero-order valence-corrected chi connectivity index (χ0v) is 15.0. The summed E-state index contributed by atoms with van der Waals surface area (Å²) in [5.41, 5.74) is 2.12. The van der Waals surface area contributed by atoms with Crippen molar-refractivity contribution >= 4 is 25.2 Å². The lowest BCUT2D eigenvalue weighted by atomic mass is 9.25. The van der Waals surface area contributed by atoms with Crippen LogP contribution in [0.1, 0.15) is 20.8 Å². The first-order chi connectivity index (χ1) is 10.9. The zero-order chi connectivity index (χ0) is 16.6. The van der Waals surface area contributed by atoms with E-state index in [-0.39, 0.29) is 5.41 Å². The molecule has 1 N–H and O–H groups in total. The largest absolute Gasteiger partial charge is 0.400 e. The lowest BCUT2D eigenvalue weighted by Gasteiger charge is -2.52. The Bertz CT molecular complexity index is 621. The highest BCUT2D eigenvalue weighted by Crippen LogP contribution is 2.42. The standard InChI is InChI=1S/C18H27B2N3/c1-18(2,3)17-19(4)22(15-10-7-6-8-11-15)14-23(20(17)5)16-12-9-13-21-16/h6-13,17,21H,14H2,1-5H3. The number of hydrogen-bond donors (Lipinski definition) is 1. The molecular weight excluding hydrogens is 280 g/mol. The van der Waals surface area contributed by atoms with E-state index in [0.717, 1.165) is 6.67 Å². The highest BCUT2D eigenvalue weighted by Gasteiger charge is 2.48. The Balaban J connectivity index is 2.01. The quantitative estimate of drug-likeness (QED) is 0.825. The summed E-state index contributed by atoms with van der Waals surface area (Å²) >= 11 is 0. The summed E-state index contributed by atoms with van der Waals surface area (Å²) in [6.45, 7) is 13.8. The first-order valence-corrected chi connectivity index (χ1v) is 8.61. The van der Waals surface area contributed by atoms with E-state index in [0.29, 0.717) is 19.4 Å². The molecule has 0 amide bonds. The monoisotopic (exact) mass is 307 g/mol. The summed E-state index contributed by atoms with van der Waals surface area (Å²) in [5.74, 6) is 1.21. The Labute approximate surface area is 141 Å². The highest BCUT2D eigenvalue weighted by atomic mass is 15.3. The van der Waals surface area contributed by atoms with Crippen molar-refractivity contribution in [1.29, 1.82) is 0 Å². The minimum atomic E-state index is 0.247. The van der Waals surface area contributed by atoms with Gasteiger partial charge in [0.15, 0.2) is 0 Å². The molecule has 0 radical (unpaired) electrons. The van der Waals surface area contributed by atoms with Gasteiger partial charge >= 0.3 is 0 Å². The fourth-order valence-corrected chi connectivity index (χ4v) is 4.39. The molecule has 5 heteroatoms. The van der Waals surface area contributed by atoms with E-state index in [1.54, 1.807) is 0 Å². The number of para-hydroxylation sites is 1. The van der Waals surface area contributed by atoms with Crippen LogP contribution in [0.2, 0.25) is 19.4 Å². The van der Waals surface area contributed by atoms with Crippen LogP contribution in [0.25, 0.3) is 0 Å². The summed E-state index contributed by atoms with van der Waals surface area (Å²) in [7, 11) is 0. The summed E-state index contributed by atoms with van der Waals surface area (Å²) in [5, 5.41) is 0. The second-order valence-corrected chi connectivity index (χ2v) is 7.84. The van der Waals surface area contributed by atoms with Gasteiger partial charge in [0.1, 0.15) is 0 Å². The predicted molar refractivity (Wildman–Crippen MR) is 104 cm³/mol.